The van der Waals surface area contributed by atoms with Gasteiger partial charge in [-0.2, -0.15) is 0 Å². The summed E-state index contributed by atoms with van der Waals surface area (Å²) in [4.78, 5) is 2.49. The fraction of sp³-hybridized carbons (Fsp3) is 0.0154. The molecule has 1 heteroatoms. The Hall–Kier alpha value is -8.52. The van der Waals surface area contributed by atoms with Gasteiger partial charge >= 0.3 is 0 Å². The standard InChI is InChI=1S/C65H45N/c1-4-20-48(21-5-1)58-31-13-15-35-62(58)66(63-36-18-34-61-64(63)59-32-12-14-33-60(59)65(61,55-27-6-2-7-28-55)56-29-8-3-9-30-56)57-41-39-47(40-42-57)50-23-16-24-51(43-50)52-25-17-26-53(45-52)54-38-37-46-19-10-11-22-49(46)44-54/h1-45H. The Kier molecular flexibility index (Phi) is 9.81. The van der Waals surface area contributed by atoms with E-state index in [2.05, 4.69) is 278 Å². The smallest absolute Gasteiger partial charge is 0.0714 e. The first-order valence-electron chi connectivity index (χ1n) is 22.8. The van der Waals surface area contributed by atoms with E-state index in [-0.39, 0.29) is 0 Å². The van der Waals surface area contributed by atoms with Crippen molar-refractivity contribution in [2.24, 2.45) is 0 Å². The zero-order valence-corrected chi connectivity index (χ0v) is 36.4. The number of anilines is 3. The van der Waals surface area contributed by atoms with Gasteiger partial charge in [0, 0.05) is 16.8 Å². The van der Waals surface area contributed by atoms with E-state index in [1.165, 1.54) is 88.7 Å². The summed E-state index contributed by atoms with van der Waals surface area (Å²) in [7, 11) is 0. The van der Waals surface area contributed by atoms with Crippen molar-refractivity contribution in [2.45, 2.75) is 5.41 Å². The van der Waals surface area contributed by atoms with Crippen molar-refractivity contribution in [1.82, 2.24) is 0 Å². The molecule has 0 unspecified atom stereocenters. The average Bonchev–Trinajstić information content (AvgIpc) is 3.71. The van der Waals surface area contributed by atoms with Crippen molar-refractivity contribution < 1.29 is 0 Å². The summed E-state index contributed by atoms with van der Waals surface area (Å²) in [6.07, 6.45) is 0. The lowest BCUT2D eigenvalue weighted by Crippen LogP contribution is -2.28. The average molecular weight is 840 g/mol. The minimum absolute atomic E-state index is 0.515. The summed E-state index contributed by atoms with van der Waals surface area (Å²) >= 11 is 0. The van der Waals surface area contributed by atoms with Crippen LogP contribution in [0.2, 0.25) is 0 Å². The number of hydrogen-bond donors (Lipinski definition) is 0. The third-order valence-electron chi connectivity index (χ3n) is 13.5. The zero-order valence-electron chi connectivity index (χ0n) is 36.4. The largest absolute Gasteiger partial charge is 0.309 e. The van der Waals surface area contributed by atoms with E-state index in [1.807, 2.05) is 0 Å². The van der Waals surface area contributed by atoms with E-state index in [0.29, 0.717) is 0 Å². The van der Waals surface area contributed by atoms with Crippen LogP contribution in [0.25, 0.3) is 66.4 Å². The summed E-state index contributed by atoms with van der Waals surface area (Å²) in [6, 6.07) is 100. The SMILES string of the molecule is c1ccc(-c2ccccc2N(c2ccc(-c3cccc(-c4cccc(-c5ccc6ccccc6c5)c4)c3)cc2)c2cccc3c2-c2ccccc2C3(c2ccccc2)c2ccccc2)cc1. The number of rotatable bonds is 9. The van der Waals surface area contributed by atoms with Gasteiger partial charge in [-0.25, -0.2) is 0 Å². The first-order chi connectivity index (χ1) is 32.7. The molecule has 66 heavy (non-hydrogen) atoms. The molecule has 0 aliphatic heterocycles. The van der Waals surface area contributed by atoms with E-state index in [4.69, 9.17) is 0 Å². The summed E-state index contributed by atoms with van der Waals surface area (Å²) in [6.45, 7) is 0. The molecular weight excluding hydrogens is 795 g/mol. The van der Waals surface area contributed by atoms with Gasteiger partial charge in [-0.3, -0.25) is 0 Å². The molecule has 1 aliphatic carbocycles. The summed E-state index contributed by atoms with van der Waals surface area (Å²) in [5, 5.41) is 2.51. The maximum Gasteiger partial charge on any atom is 0.0714 e. The second-order valence-electron chi connectivity index (χ2n) is 17.2. The van der Waals surface area contributed by atoms with Gasteiger partial charge in [-0.1, -0.05) is 231 Å². The minimum Gasteiger partial charge on any atom is -0.309 e. The van der Waals surface area contributed by atoms with E-state index in [0.717, 1.165) is 17.1 Å². The van der Waals surface area contributed by atoms with Crippen molar-refractivity contribution in [2.75, 3.05) is 4.90 Å². The molecule has 0 amide bonds. The molecule has 0 atom stereocenters. The van der Waals surface area contributed by atoms with Crippen LogP contribution >= 0.6 is 0 Å². The summed E-state index contributed by atoms with van der Waals surface area (Å²) in [5.41, 5.74) is 19.9. The quantitative estimate of drug-likeness (QED) is 0.140. The molecule has 11 aromatic carbocycles. The monoisotopic (exact) mass is 839 g/mol. The van der Waals surface area contributed by atoms with Gasteiger partial charge in [0.1, 0.15) is 0 Å². The van der Waals surface area contributed by atoms with Crippen molar-refractivity contribution in [3.63, 3.8) is 0 Å². The van der Waals surface area contributed by atoms with Gasteiger partial charge < -0.3 is 4.90 Å². The molecular formula is C65H45N. The fourth-order valence-electron chi connectivity index (χ4n) is 10.5. The van der Waals surface area contributed by atoms with Crippen LogP contribution in [-0.4, -0.2) is 0 Å². The van der Waals surface area contributed by atoms with Crippen molar-refractivity contribution >= 4 is 27.8 Å². The van der Waals surface area contributed by atoms with Crippen LogP contribution < -0.4 is 4.90 Å². The molecule has 0 spiro atoms. The van der Waals surface area contributed by atoms with Crippen LogP contribution in [0.4, 0.5) is 17.1 Å². The Labute approximate surface area is 387 Å². The predicted molar refractivity (Wildman–Crippen MR) is 278 cm³/mol. The first kappa shape index (κ1) is 39.1. The van der Waals surface area contributed by atoms with Crippen molar-refractivity contribution in [3.05, 3.63) is 295 Å². The van der Waals surface area contributed by atoms with Gasteiger partial charge in [0.05, 0.1) is 16.8 Å². The highest BCUT2D eigenvalue weighted by Gasteiger charge is 2.47. The highest BCUT2D eigenvalue weighted by atomic mass is 15.1. The molecule has 1 nitrogen and oxygen atoms in total. The molecule has 1 aliphatic rings. The van der Waals surface area contributed by atoms with Crippen LogP contribution in [0.3, 0.4) is 0 Å². The third kappa shape index (κ3) is 6.64. The topological polar surface area (TPSA) is 3.24 Å². The van der Waals surface area contributed by atoms with E-state index in [1.54, 1.807) is 0 Å². The van der Waals surface area contributed by atoms with Gasteiger partial charge in [-0.05, 0) is 120 Å². The lowest BCUT2D eigenvalue weighted by atomic mass is 9.68. The van der Waals surface area contributed by atoms with E-state index < -0.39 is 5.41 Å². The molecule has 0 heterocycles. The number of nitrogens with zero attached hydrogens (tertiary/aromatic N) is 1. The second-order valence-corrected chi connectivity index (χ2v) is 17.2. The minimum atomic E-state index is -0.515. The van der Waals surface area contributed by atoms with Crippen LogP contribution in [0.1, 0.15) is 22.3 Å². The summed E-state index contributed by atoms with van der Waals surface area (Å²) in [5.74, 6) is 0. The molecule has 11 aromatic rings. The Morgan fingerprint density at radius 1 is 0.258 bits per heavy atom. The van der Waals surface area contributed by atoms with Crippen LogP contribution in [0.15, 0.2) is 273 Å². The molecule has 0 aromatic heterocycles. The normalized spacial score (nSPS) is 12.4. The Morgan fingerprint density at radius 3 is 1.38 bits per heavy atom. The number of hydrogen-bond acceptors (Lipinski definition) is 1. The lowest BCUT2D eigenvalue weighted by molar-refractivity contribution is 0.768. The van der Waals surface area contributed by atoms with Gasteiger partial charge in [0.15, 0.2) is 0 Å². The zero-order chi connectivity index (χ0) is 43.9. The first-order valence-corrected chi connectivity index (χ1v) is 22.8. The Balaban J connectivity index is 1.00. The van der Waals surface area contributed by atoms with Crippen LogP contribution in [0, 0.1) is 0 Å². The lowest BCUT2D eigenvalue weighted by Gasteiger charge is -2.34. The van der Waals surface area contributed by atoms with Gasteiger partial charge in [-0.15, -0.1) is 0 Å². The summed E-state index contributed by atoms with van der Waals surface area (Å²) < 4.78 is 0. The highest BCUT2D eigenvalue weighted by molar-refractivity contribution is 6.00. The number of fused-ring (bicyclic) bond motifs is 4. The second kappa shape index (κ2) is 16.6. The number of para-hydroxylation sites is 1. The fourth-order valence-corrected chi connectivity index (χ4v) is 10.5. The van der Waals surface area contributed by atoms with Gasteiger partial charge in [0.25, 0.3) is 0 Å². The van der Waals surface area contributed by atoms with Crippen LogP contribution in [0.5, 0.6) is 0 Å². The molecule has 0 N–H and O–H groups in total. The maximum atomic E-state index is 2.49. The molecule has 12 rings (SSSR count). The predicted octanol–water partition coefficient (Wildman–Crippen LogP) is 17.3. The molecule has 0 saturated heterocycles. The van der Waals surface area contributed by atoms with Crippen molar-refractivity contribution in [3.8, 4) is 55.6 Å². The molecule has 0 radical (unpaired) electrons. The molecule has 0 bridgehead atoms. The maximum absolute atomic E-state index is 2.49. The Bertz CT molecular complexity index is 3480. The number of benzene rings is 11. The third-order valence-corrected chi connectivity index (χ3v) is 13.5. The molecule has 0 fully saturated rings. The van der Waals surface area contributed by atoms with Crippen LogP contribution in [-0.2, 0) is 5.41 Å². The Morgan fingerprint density at radius 2 is 0.712 bits per heavy atom. The van der Waals surface area contributed by atoms with Crippen molar-refractivity contribution in [1.29, 1.82) is 0 Å². The van der Waals surface area contributed by atoms with E-state index >= 15 is 0 Å². The highest BCUT2D eigenvalue weighted by Crippen LogP contribution is 2.60. The van der Waals surface area contributed by atoms with E-state index in [9.17, 15) is 0 Å². The molecule has 310 valence electrons. The van der Waals surface area contributed by atoms with Gasteiger partial charge in [0.2, 0.25) is 0 Å². The molecule has 0 saturated carbocycles.